The van der Waals surface area contributed by atoms with Crippen LogP contribution in [0.2, 0.25) is 0 Å². The SMILES string of the molecule is CC(C)(C)OC(=O)/C=C/c1ccccc1[C@H]1C[C@@H](O)CN1C(=O)OC(C)(C)C. The molecule has 1 aliphatic rings. The van der Waals surface area contributed by atoms with Crippen molar-refractivity contribution < 1.29 is 24.2 Å². The van der Waals surface area contributed by atoms with E-state index >= 15 is 0 Å². The van der Waals surface area contributed by atoms with Gasteiger partial charge in [0.15, 0.2) is 0 Å². The van der Waals surface area contributed by atoms with E-state index in [2.05, 4.69) is 0 Å². The summed E-state index contributed by atoms with van der Waals surface area (Å²) in [5, 5.41) is 10.2. The Bertz CT molecular complexity index is 742. The Labute approximate surface area is 167 Å². The Balaban J connectivity index is 2.26. The fraction of sp³-hybridized carbons (Fsp3) is 0.545. The second-order valence-electron chi connectivity index (χ2n) is 9.03. The van der Waals surface area contributed by atoms with Crippen molar-refractivity contribution in [2.24, 2.45) is 0 Å². The van der Waals surface area contributed by atoms with Crippen molar-refractivity contribution in [2.75, 3.05) is 6.54 Å². The Hall–Kier alpha value is -2.34. The van der Waals surface area contributed by atoms with E-state index in [4.69, 9.17) is 9.47 Å². The van der Waals surface area contributed by atoms with Crippen LogP contribution in [0.4, 0.5) is 4.79 Å². The first-order chi connectivity index (χ1) is 12.9. The van der Waals surface area contributed by atoms with Gasteiger partial charge in [-0.15, -0.1) is 0 Å². The largest absolute Gasteiger partial charge is 0.457 e. The van der Waals surface area contributed by atoms with Crippen molar-refractivity contribution >= 4 is 18.1 Å². The number of aliphatic hydroxyl groups excluding tert-OH is 1. The van der Waals surface area contributed by atoms with Gasteiger partial charge in [0.1, 0.15) is 11.2 Å². The number of nitrogens with zero attached hydrogens (tertiary/aromatic N) is 1. The van der Waals surface area contributed by atoms with Crippen LogP contribution in [-0.4, -0.2) is 45.9 Å². The van der Waals surface area contributed by atoms with Crippen molar-refractivity contribution in [1.29, 1.82) is 0 Å². The summed E-state index contributed by atoms with van der Waals surface area (Å²) in [6.07, 6.45) is 2.39. The summed E-state index contributed by atoms with van der Waals surface area (Å²) in [4.78, 5) is 26.2. The molecule has 28 heavy (non-hydrogen) atoms. The third-order valence-corrected chi connectivity index (χ3v) is 4.07. The molecule has 0 unspecified atom stereocenters. The summed E-state index contributed by atoms with van der Waals surface area (Å²) in [7, 11) is 0. The van der Waals surface area contributed by atoms with Gasteiger partial charge in [0.25, 0.3) is 0 Å². The smallest absolute Gasteiger partial charge is 0.410 e. The van der Waals surface area contributed by atoms with Crippen LogP contribution in [0.15, 0.2) is 30.3 Å². The van der Waals surface area contributed by atoms with E-state index in [1.54, 1.807) is 11.0 Å². The molecule has 2 rings (SSSR count). The first kappa shape index (κ1) is 22.0. The molecule has 1 N–H and O–H groups in total. The maximum atomic E-state index is 12.6. The van der Waals surface area contributed by atoms with Crippen LogP contribution < -0.4 is 0 Å². The average molecular weight is 389 g/mol. The standard InChI is InChI=1S/C22H31NO5/c1-21(2,3)27-19(25)12-11-15-9-7-8-10-17(15)18-13-16(24)14-23(18)20(26)28-22(4,5)6/h7-12,16,18,24H,13-14H2,1-6H3/b12-11+/t16-,18-/m1/s1. The highest BCUT2D eigenvalue weighted by molar-refractivity contribution is 5.87. The summed E-state index contributed by atoms with van der Waals surface area (Å²) in [5.41, 5.74) is 0.459. The number of hydrogen-bond acceptors (Lipinski definition) is 5. The Morgan fingerprint density at radius 2 is 1.68 bits per heavy atom. The number of benzene rings is 1. The molecule has 0 aliphatic carbocycles. The Morgan fingerprint density at radius 1 is 1.07 bits per heavy atom. The lowest BCUT2D eigenvalue weighted by Gasteiger charge is -2.29. The number of rotatable bonds is 3. The number of likely N-dealkylation sites (tertiary alicyclic amines) is 1. The van der Waals surface area contributed by atoms with Crippen LogP contribution in [0, 0.1) is 0 Å². The van der Waals surface area contributed by atoms with Gasteiger partial charge in [0.05, 0.1) is 18.7 Å². The van der Waals surface area contributed by atoms with Gasteiger partial charge >= 0.3 is 12.1 Å². The summed E-state index contributed by atoms with van der Waals surface area (Å²) in [5.74, 6) is -0.433. The Kier molecular flexibility index (Phi) is 6.55. The summed E-state index contributed by atoms with van der Waals surface area (Å²) in [6.45, 7) is 11.1. The average Bonchev–Trinajstić information content (AvgIpc) is 2.92. The molecule has 0 saturated carbocycles. The third kappa shape index (κ3) is 6.37. The van der Waals surface area contributed by atoms with Gasteiger partial charge in [0.2, 0.25) is 0 Å². The van der Waals surface area contributed by atoms with Crippen LogP contribution in [0.1, 0.15) is 65.1 Å². The van der Waals surface area contributed by atoms with Gasteiger partial charge < -0.3 is 14.6 Å². The van der Waals surface area contributed by atoms with Crippen LogP contribution in [0.25, 0.3) is 6.08 Å². The van der Waals surface area contributed by atoms with E-state index in [1.165, 1.54) is 6.08 Å². The van der Waals surface area contributed by atoms with Gasteiger partial charge in [0, 0.05) is 6.08 Å². The molecule has 2 atom stereocenters. The quantitative estimate of drug-likeness (QED) is 0.623. The van der Waals surface area contributed by atoms with Crippen molar-refractivity contribution in [3.63, 3.8) is 0 Å². The zero-order chi connectivity index (χ0) is 21.1. The molecule has 154 valence electrons. The molecule has 0 bridgehead atoms. The molecule has 1 aromatic rings. The van der Waals surface area contributed by atoms with E-state index in [0.717, 1.165) is 11.1 Å². The van der Waals surface area contributed by atoms with Crippen LogP contribution >= 0.6 is 0 Å². The zero-order valence-electron chi connectivity index (χ0n) is 17.6. The van der Waals surface area contributed by atoms with Gasteiger partial charge in [-0.05, 0) is 65.2 Å². The van der Waals surface area contributed by atoms with Crippen molar-refractivity contribution in [2.45, 2.75) is 71.3 Å². The summed E-state index contributed by atoms with van der Waals surface area (Å²) < 4.78 is 10.8. The fourth-order valence-electron chi connectivity index (χ4n) is 3.09. The highest BCUT2D eigenvalue weighted by atomic mass is 16.6. The number of carbonyl (C=O) groups is 2. The highest BCUT2D eigenvalue weighted by Gasteiger charge is 2.38. The molecule has 0 spiro atoms. The van der Waals surface area contributed by atoms with Gasteiger partial charge in [-0.1, -0.05) is 24.3 Å². The lowest BCUT2D eigenvalue weighted by molar-refractivity contribution is -0.148. The van der Waals surface area contributed by atoms with E-state index in [-0.39, 0.29) is 12.6 Å². The summed E-state index contributed by atoms with van der Waals surface area (Å²) in [6, 6.07) is 7.17. The highest BCUT2D eigenvalue weighted by Crippen LogP contribution is 2.35. The van der Waals surface area contributed by atoms with Crippen molar-refractivity contribution in [1.82, 2.24) is 4.90 Å². The second kappa shape index (κ2) is 8.35. The number of amides is 1. The van der Waals surface area contributed by atoms with Gasteiger partial charge in [-0.2, -0.15) is 0 Å². The van der Waals surface area contributed by atoms with E-state index in [9.17, 15) is 14.7 Å². The summed E-state index contributed by atoms with van der Waals surface area (Å²) >= 11 is 0. The molecule has 1 amide bonds. The minimum atomic E-state index is -0.625. The maximum Gasteiger partial charge on any atom is 0.410 e. The molecule has 0 aromatic heterocycles. The monoisotopic (exact) mass is 389 g/mol. The predicted octanol–water partition coefficient (Wildman–Crippen LogP) is 4.08. The molecule has 1 fully saturated rings. The second-order valence-corrected chi connectivity index (χ2v) is 9.03. The fourth-order valence-corrected chi connectivity index (χ4v) is 3.09. The predicted molar refractivity (Wildman–Crippen MR) is 108 cm³/mol. The van der Waals surface area contributed by atoms with E-state index in [0.29, 0.717) is 6.42 Å². The van der Waals surface area contributed by atoms with Crippen molar-refractivity contribution in [3.05, 3.63) is 41.5 Å². The molecule has 6 heteroatoms. The normalized spacial score (nSPS) is 20.5. The molecule has 6 nitrogen and oxygen atoms in total. The van der Waals surface area contributed by atoms with E-state index in [1.807, 2.05) is 65.8 Å². The molecule has 1 heterocycles. The molecule has 1 saturated heterocycles. The lowest BCUT2D eigenvalue weighted by atomic mass is 9.97. The van der Waals surface area contributed by atoms with E-state index < -0.39 is 29.4 Å². The van der Waals surface area contributed by atoms with Crippen LogP contribution in [0.5, 0.6) is 0 Å². The molecule has 1 aromatic carbocycles. The zero-order valence-corrected chi connectivity index (χ0v) is 17.6. The molecule has 0 radical (unpaired) electrons. The first-order valence-corrected chi connectivity index (χ1v) is 9.53. The van der Waals surface area contributed by atoms with Crippen molar-refractivity contribution in [3.8, 4) is 0 Å². The number of β-amino-alcohol motifs (C(OH)–C–C–N with tert-alkyl or cyclic N) is 1. The van der Waals surface area contributed by atoms with Gasteiger partial charge in [-0.25, -0.2) is 9.59 Å². The molecule has 1 aliphatic heterocycles. The first-order valence-electron chi connectivity index (χ1n) is 9.53. The number of aliphatic hydroxyl groups is 1. The topological polar surface area (TPSA) is 76.1 Å². The number of carbonyl (C=O) groups excluding carboxylic acids is 2. The number of hydrogen-bond donors (Lipinski definition) is 1. The van der Waals surface area contributed by atoms with Crippen LogP contribution in [0.3, 0.4) is 0 Å². The third-order valence-electron chi connectivity index (χ3n) is 4.07. The number of esters is 1. The lowest BCUT2D eigenvalue weighted by Crippen LogP contribution is -2.37. The minimum absolute atomic E-state index is 0.212. The minimum Gasteiger partial charge on any atom is -0.457 e. The Morgan fingerprint density at radius 3 is 2.29 bits per heavy atom. The molecular formula is C22H31NO5. The maximum absolute atomic E-state index is 12.6. The van der Waals surface area contributed by atoms with Gasteiger partial charge in [-0.3, -0.25) is 4.90 Å². The van der Waals surface area contributed by atoms with Crippen LogP contribution in [-0.2, 0) is 14.3 Å². The molecular weight excluding hydrogens is 358 g/mol. The number of ether oxygens (including phenoxy) is 2.